The number of aliphatic imine (C=N–C) groups is 1. The van der Waals surface area contributed by atoms with E-state index in [1.165, 1.54) is 7.11 Å². The molecule has 1 aliphatic heterocycles. The molecule has 0 atom stereocenters. The van der Waals surface area contributed by atoms with Crippen molar-refractivity contribution in [1.29, 1.82) is 0 Å². The first-order valence-electron chi connectivity index (χ1n) is 10.8. The third-order valence-electron chi connectivity index (χ3n) is 5.63. The summed E-state index contributed by atoms with van der Waals surface area (Å²) >= 11 is 5.28. The van der Waals surface area contributed by atoms with Crippen LogP contribution in [0.25, 0.3) is 5.69 Å². The number of aromatic amines is 1. The van der Waals surface area contributed by atoms with E-state index in [0.29, 0.717) is 30.1 Å². The summed E-state index contributed by atoms with van der Waals surface area (Å²) in [5, 5.41) is 14.6. The molecule has 0 radical (unpaired) electrons. The number of nitrogens with zero attached hydrogens (tertiary/aromatic N) is 4. The summed E-state index contributed by atoms with van der Waals surface area (Å²) in [7, 11) is 3.36. The number of nitrogens with one attached hydrogen (secondary N) is 2. The van der Waals surface area contributed by atoms with Crippen LogP contribution in [0.5, 0.6) is 11.6 Å². The fourth-order valence-electron chi connectivity index (χ4n) is 3.78. The number of H-pyrrole nitrogens is 1. The van der Waals surface area contributed by atoms with Crippen LogP contribution in [0.2, 0.25) is 0 Å². The number of benzene rings is 1. The number of rotatable bonds is 7. The first-order chi connectivity index (χ1) is 15.9. The largest absolute Gasteiger partial charge is 0.497 e. The van der Waals surface area contributed by atoms with E-state index in [9.17, 15) is 14.7 Å². The molecule has 0 aliphatic carbocycles. The molecule has 1 fully saturated rings. The van der Waals surface area contributed by atoms with Crippen molar-refractivity contribution in [2.45, 2.75) is 13.3 Å². The number of hydrogen-bond acceptors (Lipinski definition) is 7. The molecule has 1 aromatic carbocycles. The maximum Gasteiger partial charge on any atom is 0.335 e. The fourth-order valence-corrected chi connectivity index (χ4v) is 3.97. The molecule has 33 heavy (non-hydrogen) atoms. The lowest BCUT2D eigenvalue weighted by Crippen LogP contribution is -2.51. The van der Waals surface area contributed by atoms with Gasteiger partial charge in [-0.3, -0.25) is 19.7 Å². The first-order valence-corrected chi connectivity index (χ1v) is 11.3. The number of aromatic nitrogens is 2. The highest BCUT2D eigenvalue weighted by atomic mass is 32.1. The molecule has 0 bridgehead atoms. The van der Waals surface area contributed by atoms with Crippen molar-refractivity contribution in [3.63, 3.8) is 0 Å². The predicted molar refractivity (Wildman–Crippen MR) is 132 cm³/mol. The molecule has 10 nitrogen and oxygen atoms in total. The van der Waals surface area contributed by atoms with Gasteiger partial charge < -0.3 is 20.1 Å². The molecule has 2 aromatic rings. The van der Waals surface area contributed by atoms with Crippen LogP contribution in [0.1, 0.15) is 18.9 Å². The van der Waals surface area contributed by atoms with Gasteiger partial charge >= 0.3 is 5.69 Å². The van der Waals surface area contributed by atoms with Crippen molar-refractivity contribution in [2.24, 2.45) is 4.99 Å². The van der Waals surface area contributed by atoms with Crippen molar-refractivity contribution in [3.8, 4) is 17.3 Å². The number of methoxy groups -OCH3 is 1. The van der Waals surface area contributed by atoms with Crippen LogP contribution in [-0.2, 0) is 0 Å². The van der Waals surface area contributed by atoms with Crippen molar-refractivity contribution in [1.82, 2.24) is 24.7 Å². The van der Waals surface area contributed by atoms with Crippen LogP contribution in [0, 0.1) is 0 Å². The van der Waals surface area contributed by atoms with E-state index in [2.05, 4.69) is 25.1 Å². The van der Waals surface area contributed by atoms with Gasteiger partial charge in [0.1, 0.15) is 11.3 Å². The highest BCUT2D eigenvalue weighted by Crippen LogP contribution is 2.20. The van der Waals surface area contributed by atoms with Gasteiger partial charge in [-0.05, 0) is 42.9 Å². The summed E-state index contributed by atoms with van der Waals surface area (Å²) in [5.74, 6) is 0.184. The number of thiocarbonyl (C=S) groups is 1. The summed E-state index contributed by atoms with van der Waals surface area (Å²) < 4.78 is 6.20. The molecule has 0 spiro atoms. The Hall–Kier alpha value is -3.18. The Morgan fingerprint density at radius 1 is 1.21 bits per heavy atom. The maximum absolute atomic E-state index is 12.6. The van der Waals surface area contributed by atoms with Gasteiger partial charge in [-0.1, -0.05) is 6.92 Å². The minimum Gasteiger partial charge on any atom is -0.497 e. The second-order valence-electron chi connectivity index (χ2n) is 7.56. The molecular formula is C22H30N6O4S. The molecule has 0 saturated carbocycles. The molecule has 0 unspecified atom stereocenters. The van der Waals surface area contributed by atoms with Crippen LogP contribution in [0.15, 0.2) is 38.8 Å². The normalized spacial score (nSPS) is 14.9. The van der Waals surface area contributed by atoms with Crippen LogP contribution in [0.4, 0.5) is 0 Å². The third-order valence-corrected chi connectivity index (χ3v) is 6.09. The van der Waals surface area contributed by atoms with E-state index in [4.69, 9.17) is 17.0 Å². The van der Waals surface area contributed by atoms with Gasteiger partial charge in [0.05, 0.1) is 25.1 Å². The van der Waals surface area contributed by atoms with E-state index < -0.39 is 17.1 Å². The molecule has 3 N–H and O–H groups in total. The summed E-state index contributed by atoms with van der Waals surface area (Å²) in [5.41, 5.74) is -0.511. The Kier molecular flexibility index (Phi) is 8.23. The fraction of sp³-hybridized carbons (Fsp3) is 0.455. The zero-order valence-electron chi connectivity index (χ0n) is 19.1. The van der Waals surface area contributed by atoms with E-state index in [1.807, 2.05) is 14.0 Å². The molecular weight excluding hydrogens is 444 g/mol. The number of hydrogen-bond donors (Lipinski definition) is 3. The van der Waals surface area contributed by atoms with Crippen LogP contribution in [0.3, 0.4) is 0 Å². The average molecular weight is 475 g/mol. The summed E-state index contributed by atoms with van der Waals surface area (Å²) in [4.78, 5) is 36.3. The molecule has 0 amide bonds. The minimum atomic E-state index is -0.723. The molecule has 178 valence electrons. The molecule has 1 saturated heterocycles. The van der Waals surface area contributed by atoms with Gasteiger partial charge in [0.15, 0.2) is 5.11 Å². The van der Waals surface area contributed by atoms with Crippen molar-refractivity contribution in [2.75, 3.05) is 53.4 Å². The van der Waals surface area contributed by atoms with Crippen LogP contribution in [-0.4, -0.2) is 88.7 Å². The Labute approximate surface area is 197 Å². The smallest absolute Gasteiger partial charge is 0.335 e. The van der Waals surface area contributed by atoms with Gasteiger partial charge in [0.2, 0.25) is 5.88 Å². The molecule has 3 rings (SSSR count). The van der Waals surface area contributed by atoms with E-state index in [-0.39, 0.29) is 5.56 Å². The average Bonchev–Trinajstić information content (AvgIpc) is 2.83. The molecule has 1 aliphatic rings. The summed E-state index contributed by atoms with van der Waals surface area (Å²) in [6, 6.07) is 6.60. The lowest BCUT2D eigenvalue weighted by Gasteiger charge is -2.35. The Morgan fingerprint density at radius 2 is 1.88 bits per heavy atom. The van der Waals surface area contributed by atoms with Crippen molar-refractivity contribution in [3.05, 3.63) is 50.7 Å². The van der Waals surface area contributed by atoms with Gasteiger partial charge in [-0.25, -0.2) is 9.36 Å². The van der Waals surface area contributed by atoms with Gasteiger partial charge in [-0.2, -0.15) is 0 Å². The third kappa shape index (κ3) is 5.60. The number of aromatic hydroxyl groups is 1. The predicted octanol–water partition coefficient (Wildman–Crippen LogP) is 0.561. The maximum atomic E-state index is 12.6. The summed E-state index contributed by atoms with van der Waals surface area (Å²) in [6.07, 6.45) is 0.432. The first kappa shape index (κ1) is 24.5. The number of piperazine rings is 1. The van der Waals surface area contributed by atoms with E-state index >= 15 is 0 Å². The van der Waals surface area contributed by atoms with E-state index in [1.54, 1.807) is 24.3 Å². The Balaban J connectivity index is 1.79. The lowest BCUT2D eigenvalue weighted by atomic mass is 10.1. The zero-order valence-corrected chi connectivity index (χ0v) is 19.9. The molecule has 1 aromatic heterocycles. The van der Waals surface area contributed by atoms with Crippen LogP contribution >= 0.6 is 12.2 Å². The van der Waals surface area contributed by atoms with Gasteiger partial charge in [0, 0.05) is 39.8 Å². The standard InChI is InChI=1S/C22H30N6O4S/c1-4-17(24-9-10-26-11-13-27(14-12-26)22(33)23-2)18-19(29)25-21(31)28(20(18)30)15-5-7-16(32-3)8-6-15/h5-8,30H,4,9-14H2,1-3H3,(H,23,33)(H,25,29,31). The van der Waals surface area contributed by atoms with Crippen molar-refractivity contribution >= 4 is 23.0 Å². The van der Waals surface area contributed by atoms with Crippen molar-refractivity contribution < 1.29 is 9.84 Å². The Bertz CT molecular complexity index is 1120. The minimum absolute atomic E-state index is 0.0112. The second kappa shape index (κ2) is 11.1. The topological polar surface area (TPSA) is 115 Å². The van der Waals surface area contributed by atoms with Crippen LogP contribution < -0.4 is 21.3 Å². The highest BCUT2D eigenvalue weighted by molar-refractivity contribution is 7.80. The van der Waals surface area contributed by atoms with Gasteiger partial charge in [-0.15, -0.1) is 0 Å². The molecule has 11 heteroatoms. The summed E-state index contributed by atoms with van der Waals surface area (Å²) in [6.45, 7) is 6.48. The van der Waals surface area contributed by atoms with E-state index in [0.717, 1.165) is 42.4 Å². The zero-order chi connectivity index (χ0) is 24.0. The SMILES string of the molecule is CCC(=NCCN1CCN(C(=S)NC)CC1)c1c(O)n(-c2ccc(OC)cc2)c(=O)[nH]c1=O. The monoisotopic (exact) mass is 474 g/mol. The quantitative estimate of drug-likeness (QED) is 0.394. The van der Waals surface area contributed by atoms with Gasteiger partial charge in [0.25, 0.3) is 5.56 Å². The second-order valence-corrected chi connectivity index (χ2v) is 7.94. The molecule has 2 heterocycles. The highest BCUT2D eigenvalue weighted by Gasteiger charge is 2.20. The number of ether oxygens (including phenoxy) is 1. The Morgan fingerprint density at radius 3 is 2.45 bits per heavy atom. The lowest BCUT2D eigenvalue weighted by molar-refractivity contribution is 0.186.